The molecule has 140 valence electrons. The highest BCUT2D eigenvalue weighted by Gasteiger charge is 2.24. The van der Waals surface area contributed by atoms with Gasteiger partial charge in [0.25, 0.3) is 0 Å². The van der Waals surface area contributed by atoms with E-state index in [2.05, 4.69) is 21.8 Å². The largest absolute Gasteiger partial charge is 0.295 e. The molecule has 0 radical (unpaired) electrons. The number of hydrogen-bond acceptors (Lipinski definition) is 3. The molecule has 1 aliphatic heterocycles. The zero-order chi connectivity index (χ0) is 18.4. The summed E-state index contributed by atoms with van der Waals surface area (Å²) in [4.78, 5) is 2.41. The number of piperidine rings is 1. The highest BCUT2D eigenvalue weighted by atomic mass is 32.2. The van der Waals surface area contributed by atoms with Gasteiger partial charge in [0.05, 0.1) is 5.75 Å². The highest BCUT2D eigenvalue weighted by molar-refractivity contribution is 7.88. The molecule has 26 heavy (non-hydrogen) atoms. The molecule has 1 aliphatic rings. The van der Waals surface area contributed by atoms with Gasteiger partial charge in [-0.2, -0.15) is 0 Å². The van der Waals surface area contributed by atoms with E-state index in [1.165, 1.54) is 24.8 Å². The van der Waals surface area contributed by atoms with Gasteiger partial charge in [-0.3, -0.25) is 4.90 Å². The lowest BCUT2D eigenvalue weighted by Crippen LogP contribution is -2.40. The Hall–Kier alpha value is -1.69. The smallest absolute Gasteiger partial charge is 0.215 e. The monoisotopic (exact) mass is 372 g/mol. The maximum absolute atomic E-state index is 12.6. The van der Waals surface area contributed by atoms with E-state index in [9.17, 15) is 8.42 Å². The van der Waals surface area contributed by atoms with E-state index in [4.69, 9.17) is 0 Å². The third kappa shape index (κ3) is 5.40. The molecule has 1 N–H and O–H groups in total. The van der Waals surface area contributed by atoms with Crippen LogP contribution in [0, 0.1) is 6.92 Å². The first kappa shape index (κ1) is 19.1. The molecule has 0 aromatic heterocycles. The number of hydrogen-bond donors (Lipinski definition) is 1. The summed E-state index contributed by atoms with van der Waals surface area (Å²) in [5.41, 5.74) is 3.08. The normalized spacial score (nSPS) is 17.1. The number of likely N-dealkylation sites (tertiary alicyclic amines) is 1. The second-order valence-electron chi connectivity index (χ2n) is 7.12. The lowest BCUT2D eigenvalue weighted by Gasteiger charge is -2.35. The summed E-state index contributed by atoms with van der Waals surface area (Å²) in [6, 6.07) is 18.0. The van der Waals surface area contributed by atoms with E-state index in [0.717, 1.165) is 24.2 Å². The molecular formula is C21H28N2O2S. The third-order valence-corrected chi connectivity index (χ3v) is 6.27. The number of nitrogens with one attached hydrogen (secondary N) is 1. The minimum absolute atomic E-state index is 0.0240. The van der Waals surface area contributed by atoms with Crippen molar-refractivity contribution < 1.29 is 8.42 Å². The fraction of sp³-hybridized carbons (Fsp3) is 0.429. The summed E-state index contributed by atoms with van der Waals surface area (Å²) < 4.78 is 28.1. The predicted molar refractivity (Wildman–Crippen MR) is 106 cm³/mol. The molecule has 0 amide bonds. The van der Waals surface area contributed by atoms with E-state index >= 15 is 0 Å². The number of rotatable bonds is 7. The Morgan fingerprint density at radius 2 is 1.73 bits per heavy atom. The van der Waals surface area contributed by atoms with Gasteiger partial charge < -0.3 is 0 Å². The van der Waals surface area contributed by atoms with Crippen LogP contribution in [0.5, 0.6) is 0 Å². The SMILES string of the molecule is Cc1cccc(CS(=O)(=O)NCC(c2ccccc2)N2CCCCC2)c1. The van der Waals surface area contributed by atoms with Gasteiger partial charge in [0.2, 0.25) is 10.0 Å². The van der Waals surface area contributed by atoms with Crippen LogP contribution < -0.4 is 4.72 Å². The lowest BCUT2D eigenvalue weighted by atomic mass is 10.0. The van der Waals surface area contributed by atoms with Crippen LogP contribution in [-0.4, -0.2) is 33.0 Å². The van der Waals surface area contributed by atoms with Crippen molar-refractivity contribution in [1.29, 1.82) is 0 Å². The van der Waals surface area contributed by atoms with Gasteiger partial charge in [0, 0.05) is 12.6 Å². The van der Waals surface area contributed by atoms with Gasteiger partial charge >= 0.3 is 0 Å². The molecular weight excluding hydrogens is 344 g/mol. The van der Waals surface area contributed by atoms with Crippen molar-refractivity contribution in [1.82, 2.24) is 9.62 Å². The van der Waals surface area contributed by atoms with Gasteiger partial charge in [-0.1, -0.05) is 66.6 Å². The van der Waals surface area contributed by atoms with Crippen LogP contribution in [0.1, 0.15) is 42.0 Å². The first-order valence-electron chi connectivity index (χ1n) is 9.35. The van der Waals surface area contributed by atoms with Gasteiger partial charge in [-0.25, -0.2) is 13.1 Å². The molecule has 1 unspecified atom stereocenters. The Labute approximate surface area is 157 Å². The second-order valence-corrected chi connectivity index (χ2v) is 8.93. The summed E-state index contributed by atoms with van der Waals surface area (Å²) in [6.07, 6.45) is 3.62. The minimum Gasteiger partial charge on any atom is -0.295 e. The van der Waals surface area contributed by atoms with Crippen molar-refractivity contribution in [3.05, 3.63) is 71.3 Å². The summed E-state index contributed by atoms with van der Waals surface area (Å²) >= 11 is 0. The first-order chi connectivity index (χ1) is 12.5. The molecule has 4 nitrogen and oxygen atoms in total. The highest BCUT2D eigenvalue weighted by Crippen LogP contribution is 2.24. The molecule has 5 heteroatoms. The van der Waals surface area contributed by atoms with Crippen LogP contribution in [0.3, 0.4) is 0 Å². The summed E-state index contributed by atoms with van der Waals surface area (Å²) in [7, 11) is -3.37. The Kier molecular flexibility index (Phi) is 6.46. The van der Waals surface area contributed by atoms with Crippen molar-refractivity contribution in [3.63, 3.8) is 0 Å². The van der Waals surface area contributed by atoms with E-state index in [-0.39, 0.29) is 11.8 Å². The molecule has 3 rings (SSSR count). The van der Waals surface area contributed by atoms with Crippen LogP contribution in [0.4, 0.5) is 0 Å². The molecule has 0 spiro atoms. The molecule has 2 aromatic rings. The Bertz CT molecular complexity index is 800. The molecule has 0 saturated carbocycles. The maximum atomic E-state index is 12.6. The number of benzene rings is 2. The molecule has 1 saturated heterocycles. The number of nitrogens with zero attached hydrogens (tertiary/aromatic N) is 1. The van der Waals surface area contributed by atoms with Crippen molar-refractivity contribution in [2.75, 3.05) is 19.6 Å². The topological polar surface area (TPSA) is 49.4 Å². The molecule has 1 heterocycles. The second kappa shape index (κ2) is 8.80. The minimum atomic E-state index is -3.37. The third-order valence-electron chi connectivity index (χ3n) is 4.95. The average molecular weight is 373 g/mol. The van der Waals surface area contributed by atoms with Crippen LogP contribution in [-0.2, 0) is 15.8 Å². The Morgan fingerprint density at radius 1 is 1.00 bits per heavy atom. The number of aryl methyl sites for hydroxylation is 1. The molecule has 0 aliphatic carbocycles. The fourth-order valence-corrected chi connectivity index (χ4v) is 4.77. The van der Waals surface area contributed by atoms with Gasteiger partial charge in [-0.05, 0) is 44.0 Å². The zero-order valence-electron chi connectivity index (χ0n) is 15.4. The Balaban J connectivity index is 1.70. The predicted octanol–water partition coefficient (Wildman–Crippen LogP) is 3.64. The van der Waals surface area contributed by atoms with Gasteiger partial charge in [0.15, 0.2) is 0 Å². The van der Waals surface area contributed by atoms with Gasteiger partial charge in [-0.15, -0.1) is 0 Å². The average Bonchev–Trinajstić information content (AvgIpc) is 2.63. The van der Waals surface area contributed by atoms with Crippen LogP contribution >= 0.6 is 0 Å². The van der Waals surface area contributed by atoms with E-state index in [0.29, 0.717) is 6.54 Å². The van der Waals surface area contributed by atoms with E-state index in [1.54, 1.807) is 0 Å². The van der Waals surface area contributed by atoms with Crippen molar-refractivity contribution in [2.45, 2.75) is 38.0 Å². The van der Waals surface area contributed by atoms with Crippen molar-refractivity contribution >= 4 is 10.0 Å². The van der Waals surface area contributed by atoms with Crippen molar-refractivity contribution in [3.8, 4) is 0 Å². The fourth-order valence-electron chi connectivity index (χ4n) is 3.64. The maximum Gasteiger partial charge on any atom is 0.215 e. The molecule has 2 aromatic carbocycles. The zero-order valence-corrected chi connectivity index (χ0v) is 16.2. The molecule has 1 fully saturated rings. The van der Waals surface area contributed by atoms with E-state index < -0.39 is 10.0 Å². The summed E-state index contributed by atoms with van der Waals surface area (Å²) in [6.45, 7) is 4.45. The quantitative estimate of drug-likeness (QED) is 0.807. The van der Waals surface area contributed by atoms with Crippen LogP contribution in [0.25, 0.3) is 0 Å². The summed E-state index contributed by atoms with van der Waals surface area (Å²) in [5.74, 6) is 0.0240. The Morgan fingerprint density at radius 3 is 2.42 bits per heavy atom. The van der Waals surface area contributed by atoms with E-state index in [1.807, 2.05) is 49.4 Å². The van der Waals surface area contributed by atoms with Gasteiger partial charge in [0.1, 0.15) is 0 Å². The van der Waals surface area contributed by atoms with Crippen LogP contribution in [0.2, 0.25) is 0 Å². The molecule has 0 bridgehead atoms. The molecule has 1 atom stereocenters. The standard InChI is InChI=1S/C21H28N2O2S/c1-18-9-8-10-19(15-18)17-26(24,25)22-16-21(20-11-4-2-5-12-20)23-13-6-3-7-14-23/h2,4-5,8-12,15,21-22H,3,6-7,13-14,16-17H2,1H3. The van der Waals surface area contributed by atoms with Crippen molar-refractivity contribution in [2.24, 2.45) is 0 Å². The summed E-state index contributed by atoms with van der Waals surface area (Å²) in [5, 5.41) is 0. The van der Waals surface area contributed by atoms with Crippen LogP contribution in [0.15, 0.2) is 54.6 Å². The number of sulfonamides is 1. The lowest BCUT2D eigenvalue weighted by molar-refractivity contribution is 0.164. The first-order valence-corrected chi connectivity index (χ1v) is 11.0.